The van der Waals surface area contributed by atoms with Gasteiger partial charge in [-0.05, 0) is 37.3 Å². The van der Waals surface area contributed by atoms with Crippen LogP contribution in [0.15, 0.2) is 36.0 Å². The second-order valence-electron chi connectivity index (χ2n) is 5.69. The molecule has 0 saturated carbocycles. The highest BCUT2D eigenvalue weighted by Crippen LogP contribution is 2.18. The average Bonchev–Trinajstić information content (AvgIpc) is 3.10. The summed E-state index contributed by atoms with van der Waals surface area (Å²) in [7, 11) is 0. The molecule has 1 aliphatic heterocycles. The third-order valence-corrected chi connectivity index (χ3v) is 4.96. The molecule has 122 valence electrons. The van der Waals surface area contributed by atoms with E-state index in [-0.39, 0.29) is 18.1 Å². The van der Waals surface area contributed by atoms with Gasteiger partial charge in [-0.1, -0.05) is 6.07 Å². The number of amides is 2. The zero-order valence-electron chi connectivity index (χ0n) is 13.1. The first-order valence-corrected chi connectivity index (χ1v) is 8.73. The standard InChI is InChI=1S/C16H21N5OS/c1-12(14-6-3-10-23-14)19-16(22)20-13-5-2-9-21(11-13)15-17-7-4-8-18-15/h3-4,6-8,10,12-13H,2,5,9,11H2,1H3,(H2,19,20,22)/t12-,13-/m1/s1. The van der Waals surface area contributed by atoms with Crippen LogP contribution in [0.4, 0.5) is 10.7 Å². The van der Waals surface area contributed by atoms with Gasteiger partial charge in [-0.3, -0.25) is 0 Å². The van der Waals surface area contributed by atoms with Crippen LogP contribution >= 0.6 is 11.3 Å². The van der Waals surface area contributed by atoms with E-state index in [4.69, 9.17) is 0 Å². The third-order valence-electron chi connectivity index (χ3n) is 3.91. The molecule has 6 nitrogen and oxygen atoms in total. The second kappa shape index (κ2) is 7.41. The molecule has 3 rings (SSSR count). The Morgan fingerprint density at radius 1 is 1.39 bits per heavy atom. The number of hydrogen-bond acceptors (Lipinski definition) is 5. The molecule has 0 radical (unpaired) electrons. The van der Waals surface area contributed by atoms with E-state index in [2.05, 4.69) is 25.5 Å². The quantitative estimate of drug-likeness (QED) is 0.903. The van der Waals surface area contributed by atoms with Crippen LogP contribution in [0.25, 0.3) is 0 Å². The summed E-state index contributed by atoms with van der Waals surface area (Å²) in [4.78, 5) is 24.0. The second-order valence-corrected chi connectivity index (χ2v) is 6.67. The first-order chi connectivity index (χ1) is 11.2. The number of hydrogen-bond donors (Lipinski definition) is 2. The number of carbonyl (C=O) groups excluding carboxylic acids is 1. The number of urea groups is 1. The summed E-state index contributed by atoms with van der Waals surface area (Å²) in [5, 5.41) is 8.08. The Balaban J connectivity index is 1.52. The number of aromatic nitrogens is 2. The summed E-state index contributed by atoms with van der Waals surface area (Å²) >= 11 is 1.65. The third kappa shape index (κ3) is 4.19. The van der Waals surface area contributed by atoms with Gasteiger partial charge in [0.1, 0.15) is 0 Å². The van der Waals surface area contributed by atoms with Crippen molar-refractivity contribution in [3.63, 3.8) is 0 Å². The highest BCUT2D eigenvalue weighted by atomic mass is 32.1. The minimum Gasteiger partial charge on any atom is -0.339 e. The first-order valence-electron chi connectivity index (χ1n) is 7.85. The molecule has 2 atom stereocenters. The maximum Gasteiger partial charge on any atom is 0.315 e. The van der Waals surface area contributed by atoms with Crippen molar-refractivity contribution in [2.75, 3.05) is 18.0 Å². The fourth-order valence-corrected chi connectivity index (χ4v) is 3.50. The van der Waals surface area contributed by atoms with Crippen LogP contribution in [-0.2, 0) is 0 Å². The maximum absolute atomic E-state index is 12.2. The molecule has 2 N–H and O–H groups in total. The van der Waals surface area contributed by atoms with E-state index in [0.29, 0.717) is 0 Å². The number of thiophene rings is 1. The zero-order valence-corrected chi connectivity index (χ0v) is 13.9. The first kappa shape index (κ1) is 15.7. The van der Waals surface area contributed by atoms with Crippen LogP contribution in [0.1, 0.15) is 30.7 Å². The molecule has 0 spiro atoms. The molecule has 0 aromatic carbocycles. The lowest BCUT2D eigenvalue weighted by Crippen LogP contribution is -2.51. The minimum atomic E-state index is -0.119. The van der Waals surface area contributed by atoms with Crippen LogP contribution in [0.5, 0.6) is 0 Å². The monoisotopic (exact) mass is 331 g/mol. The van der Waals surface area contributed by atoms with Crippen LogP contribution in [0.3, 0.4) is 0 Å². The van der Waals surface area contributed by atoms with Crippen molar-refractivity contribution in [2.45, 2.75) is 31.8 Å². The van der Waals surface area contributed by atoms with Crippen LogP contribution < -0.4 is 15.5 Å². The maximum atomic E-state index is 12.2. The van der Waals surface area contributed by atoms with Crippen molar-refractivity contribution in [3.05, 3.63) is 40.8 Å². The molecule has 2 aromatic heterocycles. The summed E-state index contributed by atoms with van der Waals surface area (Å²) in [6, 6.07) is 5.85. The van der Waals surface area contributed by atoms with Crippen molar-refractivity contribution in [3.8, 4) is 0 Å². The Bertz CT molecular complexity index is 619. The SMILES string of the molecule is C[C@@H](NC(=O)N[C@@H]1CCCN(c2ncccn2)C1)c1cccs1. The molecule has 0 aliphatic carbocycles. The van der Waals surface area contributed by atoms with E-state index in [1.54, 1.807) is 23.7 Å². The number of nitrogens with zero attached hydrogens (tertiary/aromatic N) is 3. The number of piperidine rings is 1. The molecule has 2 amide bonds. The lowest BCUT2D eigenvalue weighted by molar-refractivity contribution is 0.232. The molecule has 7 heteroatoms. The van der Waals surface area contributed by atoms with Gasteiger partial charge in [0.15, 0.2) is 0 Å². The molecular formula is C16H21N5OS. The zero-order chi connectivity index (χ0) is 16.1. The number of anilines is 1. The Kier molecular flexibility index (Phi) is 5.07. The van der Waals surface area contributed by atoms with Crippen LogP contribution in [-0.4, -0.2) is 35.1 Å². The summed E-state index contributed by atoms with van der Waals surface area (Å²) in [5.74, 6) is 0.728. The molecule has 1 aliphatic rings. The van der Waals surface area contributed by atoms with Crippen molar-refractivity contribution < 1.29 is 4.79 Å². The molecule has 3 heterocycles. The number of nitrogens with one attached hydrogen (secondary N) is 2. The van der Waals surface area contributed by atoms with E-state index in [0.717, 1.165) is 36.8 Å². The highest BCUT2D eigenvalue weighted by molar-refractivity contribution is 7.10. The minimum absolute atomic E-state index is 0.0205. The van der Waals surface area contributed by atoms with E-state index in [1.165, 1.54) is 0 Å². The molecule has 23 heavy (non-hydrogen) atoms. The fraction of sp³-hybridized carbons (Fsp3) is 0.438. The molecular weight excluding hydrogens is 310 g/mol. The van der Waals surface area contributed by atoms with Gasteiger partial charge in [0.25, 0.3) is 0 Å². The summed E-state index contributed by atoms with van der Waals surface area (Å²) in [5.41, 5.74) is 0. The Hall–Kier alpha value is -2.15. The van der Waals surface area contributed by atoms with E-state index >= 15 is 0 Å². The summed E-state index contributed by atoms with van der Waals surface area (Å²) < 4.78 is 0. The lowest BCUT2D eigenvalue weighted by Gasteiger charge is -2.33. The Labute approximate surface area is 140 Å². The topological polar surface area (TPSA) is 70.2 Å². The van der Waals surface area contributed by atoms with Crippen molar-refractivity contribution >= 4 is 23.3 Å². The Morgan fingerprint density at radius 2 is 2.22 bits per heavy atom. The molecule has 0 unspecified atom stereocenters. The predicted molar refractivity (Wildman–Crippen MR) is 91.7 cm³/mol. The van der Waals surface area contributed by atoms with Gasteiger partial charge in [-0.15, -0.1) is 11.3 Å². The predicted octanol–water partition coefficient (Wildman–Crippen LogP) is 2.57. The summed E-state index contributed by atoms with van der Waals surface area (Å²) in [6.07, 6.45) is 5.48. The Morgan fingerprint density at radius 3 is 2.96 bits per heavy atom. The van der Waals surface area contributed by atoms with Crippen LogP contribution in [0, 0.1) is 0 Å². The fourth-order valence-electron chi connectivity index (χ4n) is 2.76. The van der Waals surface area contributed by atoms with E-state index < -0.39 is 0 Å². The van der Waals surface area contributed by atoms with E-state index in [1.807, 2.05) is 30.5 Å². The van der Waals surface area contributed by atoms with E-state index in [9.17, 15) is 4.79 Å². The van der Waals surface area contributed by atoms with Gasteiger partial charge in [0, 0.05) is 36.4 Å². The largest absolute Gasteiger partial charge is 0.339 e. The van der Waals surface area contributed by atoms with Gasteiger partial charge >= 0.3 is 6.03 Å². The smallest absolute Gasteiger partial charge is 0.315 e. The lowest BCUT2D eigenvalue weighted by atomic mass is 10.1. The molecule has 0 bridgehead atoms. The molecule has 2 aromatic rings. The van der Waals surface area contributed by atoms with Gasteiger partial charge in [0.2, 0.25) is 5.95 Å². The average molecular weight is 331 g/mol. The number of rotatable bonds is 4. The van der Waals surface area contributed by atoms with Gasteiger partial charge in [-0.2, -0.15) is 0 Å². The van der Waals surface area contributed by atoms with Crippen molar-refractivity contribution in [2.24, 2.45) is 0 Å². The normalized spacial score (nSPS) is 19.2. The molecule has 1 fully saturated rings. The number of carbonyl (C=O) groups is 1. The van der Waals surface area contributed by atoms with Crippen molar-refractivity contribution in [1.29, 1.82) is 0 Å². The highest BCUT2D eigenvalue weighted by Gasteiger charge is 2.23. The van der Waals surface area contributed by atoms with Gasteiger partial charge in [0.05, 0.1) is 6.04 Å². The van der Waals surface area contributed by atoms with Gasteiger partial charge < -0.3 is 15.5 Å². The van der Waals surface area contributed by atoms with Crippen molar-refractivity contribution in [1.82, 2.24) is 20.6 Å². The molecule has 1 saturated heterocycles. The summed E-state index contributed by atoms with van der Waals surface area (Å²) in [6.45, 7) is 3.66. The van der Waals surface area contributed by atoms with Crippen LogP contribution in [0.2, 0.25) is 0 Å². The van der Waals surface area contributed by atoms with Gasteiger partial charge in [-0.25, -0.2) is 14.8 Å².